The topological polar surface area (TPSA) is 35.5 Å². The molecule has 0 atom stereocenters. The maximum atomic E-state index is 11.9. The third kappa shape index (κ3) is 3.85. The molecule has 0 aliphatic heterocycles. The lowest BCUT2D eigenvalue weighted by Crippen LogP contribution is -2.05. The number of rotatable bonds is 5. The molecule has 0 bridgehead atoms. The number of esters is 1. The average Bonchev–Trinajstić information content (AvgIpc) is 2.58. The van der Waals surface area contributed by atoms with E-state index in [2.05, 4.69) is 0 Å². The second kappa shape index (κ2) is 7.84. The van der Waals surface area contributed by atoms with Crippen LogP contribution < -0.4 is 0 Å². The summed E-state index contributed by atoms with van der Waals surface area (Å²) in [5, 5.41) is 0. The maximum absolute atomic E-state index is 11.9. The lowest BCUT2D eigenvalue weighted by molar-refractivity contribution is -0.133. The van der Waals surface area contributed by atoms with E-state index in [-0.39, 0.29) is 0 Å². The van der Waals surface area contributed by atoms with E-state index < -0.39 is 5.97 Å². The van der Waals surface area contributed by atoms with Gasteiger partial charge in [0, 0.05) is 0 Å². The molecule has 112 valence electrons. The molecule has 0 saturated heterocycles. The van der Waals surface area contributed by atoms with Crippen molar-refractivity contribution < 1.29 is 14.3 Å². The first-order valence-corrected chi connectivity index (χ1v) is 6.90. The van der Waals surface area contributed by atoms with Gasteiger partial charge >= 0.3 is 5.97 Å². The lowest BCUT2D eigenvalue weighted by Gasteiger charge is -2.09. The first-order valence-electron chi connectivity index (χ1n) is 6.90. The van der Waals surface area contributed by atoms with Crippen molar-refractivity contribution in [2.24, 2.45) is 0 Å². The lowest BCUT2D eigenvalue weighted by atomic mass is 9.99. The molecule has 3 heteroatoms. The van der Waals surface area contributed by atoms with E-state index in [4.69, 9.17) is 9.47 Å². The van der Waals surface area contributed by atoms with Crippen LogP contribution in [-0.2, 0) is 14.3 Å². The molecule has 2 rings (SSSR count). The van der Waals surface area contributed by atoms with Crippen molar-refractivity contribution in [1.29, 1.82) is 0 Å². The van der Waals surface area contributed by atoms with Gasteiger partial charge in [-0.1, -0.05) is 66.7 Å². The number of benzene rings is 2. The second-order valence-electron chi connectivity index (χ2n) is 4.59. The molecule has 22 heavy (non-hydrogen) atoms. The standard InChI is InChI=1S/C19H18O3/c1-21-14-18(19(20)22-2)17-11-7-6-10-16(17)13-12-15-8-4-3-5-9-15/h3-14H,1-2H3/b13-12-,18-14+. The molecule has 0 saturated carbocycles. The summed E-state index contributed by atoms with van der Waals surface area (Å²) in [5.74, 6) is -0.428. The van der Waals surface area contributed by atoms with Crippen molar-refractivity contribution >= 4 is 23.7 Å². The molecule has 0 radical (unpaired) electrons. The van der Waals surface area contributed by atoms with Crippen LogP contribution in [0.2, 0.25) is 0 Å². The molecule has 0 amide bonds. The van der Waals surface area contributed by atoms with Crippen molar-refractivity contribution in [2.75, 3.05) is 14.2 Å². The highest BCUT2D eigenvalue weighted by molar-refractivity contribution is 6.17. The van der Waals surface area contributed by atoms with Crippen LogP contribution in [0.5, 0.6) is 0 Å². The molecule has 0 unspecified atom stereocenters. The van der Waals surface area contributed by atoms with Crippen LogP contribution in [0.15, 0.2) is 60.9 Å². The number of carbonyl (C=O) groups excluding carboxylic acids is 1. The largest absolute Gasteiger partial charge is 0.503 e. The van der Waals surface area contributed by atoms with E-state index in [1.807, 2.05) is 66.7 Å². The zero-order valence-corrected chi connectivity index (χ0v) is 12.7. The SMILES string of the molecule is CO/C=C(/C(=O)OC)c1ccccc1/C=C\c1ccccc1. The normalized spacial score (nSPS) is 11.5. The quantitative estimate of drug-likeness (QED) is 0.362. The van der Waals surface area contributed by atoms with Gasteiger partial charge < -0.3 is 9.47 Å². The Morgan fingerprint density at radius 2 is 1.59 bits per heavy atom. The van der Waals surface area contributed by atoms with Gasteiger partial charge in [-0.2, -0.15) is 0 Å². The van der Waals surface area contributed by atoms with Gasteiger partial charge in [-0.15, -0.1) is 0 Å². The van der Waals surface area contributed by atoms with E-state index in [9.17, 15) is 4.79 Å². The maximum Gasteiger partial charge on any atom is 0.341 e. The van der Waals surface area contributed by atoms with Crippen LogP contribution in [0, 0.1) is 0 Å². The van der Waals surface area contributed by atoms with Gasteiger partial charge in [0.1, 0.15) is 5.57 Å². The van der Waals surface area contributed by atoms with Crippen molar-refractivity contribution in [3.05, 3.63) is 77.5 Å². The molecule has 0 heterocycles. The summed E-state index contributed by atoms with van der Waals surface area (Å²) >= 11 is 0. The van der Waals surface area contributed by atoms with E-state index in [0.717, 1.165) is 16.7 Å². The van der Waals surface area contributed by atoms with E-state index in [1.165, 1.54) is 20.5 Å². The third-order valence-electron chi connectivity index (χ3n) is 3.15. The van der Waals surface area contributed by atoms with Crippen LogP contribution in [0.1, 0.15) is 16.7 Å². The fraction of sp³-hybridized carbons (Fsp3) is 0.105. The Labute approximate surface area is 130 Å². The molecule has 0 aliphatic rings. The minimum absolute atomic E-state index is 0.387. The van der Waals surface area contributed by atoms with Gasteiger partial charge in [-0.25, -0.2) is 4.79 Å². The summed E-state index contributed by atoms with van der Waals surface area (Å²) in [5.41, 5.74) is 3.16. The van der Waals surface area contributed by atoms with Crippen molar-refractivity contribution in [2.45, 2.75) is 0 Å². The van der Waals surface area contributed by atoms with Crippen molar-refractivity contribution in [3.8, 4) is 0 Å². The molecule has 0 aliphatic carbocycles. The van der Waals surface area contributed by atoms with Crippen LogP contribution in [-0.4, -0.2) is 20.2 Å². The van der Waals surface area contributed by atoms with E-state index >= 15 is 0 Å². The second-order valence-corrected chi connectivity index (χ2v) is 4.59. The first kappa shape index (κ1) is 15.6. The van der Waals surface area contributed by atoms with Gasteiger partial charge in [0.25, 0.3) is 0 Å². The Balaban J connectivity index is 2.40. The Morgan fingerprint density at radius 1 is 0.909 bits per heavy atom. The summed E-state index contributed by atoms with van der Waals surface area (Å²) < 4.78 is 9.84. The highest BCUT2D eigenvalue weighted by Crippen LogP contribution is 2.22. The Bertz CT molecular complexity index is 685. The highest BCUT2D eigenvalue weighted by atomic mass is 16.5. The molecule has 3 nitrogen and oxygen atoms in total. The Morgan fingerprint density at radius 3 is 2.27 bits per heavy atom. The number of methoxy groups -OCH3 is 2. The predicted octanol–water partition coefficient (Wildman–Crippen LogP) is 4.02. The van der Waals surface area contributed by atoms with Gasteiger partial charge in [-0.3, -0.25) is 0 Å². The summed E-state index contributed by atoms with van der Waals surface area (Å²) in [6, 6.07) is 17.6. The molecule has 0 spiro atoms. The zero-order valence-electron chi connectivity index (χ0n) is 12.7. The van der Waals surface area contributed by atoms with Gasteiger partial charge in [0.2, 0.25) is 0 Å². The van der Waals surface area contributed by atoms with Gasteiger partial charge in [0.05, 0.1) is 20.5 Å². The summed E-state index contributed by atoms with van der Waals surface area (Å²) in [6.45, 7) is 0. The van der Waals surface area contributed by atoms with E-state index in [0.29, 0.717) is 5.57 Å². The minimum Gasteiger partial charge on any atom is -0.503 e. The smallest absolute Gasteiger partial charge is 0.341 e. The predicted molar refractivity (Wildman–Crippen MR) is 88.8 cm³/mol. The van der Waals surface area contributed by atoms with Gasteiger partial charge in [0.15, 0.2) is 0 Å². The van der Waals surface area contributed by atoms with E-state index in [1.54, 1.807) is 0 Å². The van der Waals surface area contributed by atoms with Crippen LogP contribution >= 0.6 is 0 Å². The summed E-state index contributed by atoms with van der Waals surface area (Å²) in [7, 11) is 2.86. The third-order valence-corrected chi connectivity index (χ3v) is 3.15. The molecule has 2 aromatic carbocycles. The van der Waals surface area contributed by atoms with Crippen LogP contribution in [0.3, 0.4) is 0 Å². The monoisotopic (exact) mass is 294 g/mol. The van der Waals surface area contributed by atoms with Crippen molar-refractivity contribution in [1.82, 2.24) is 0 Å². The zero-order chi connectivity index (χ0) is 15.8. The van der Waals surface area contributed by atoms with Crippen LogP contribution in [0.4, 0.5) is 0 Å². The first-order chi connectivity index (χ1) is 10.8. The summed E-state index contributed by atoms with van der Waals surface area (Å²) in [4.78, 5) is 11.9. The fourth-order valence-corrected chi connectivity index (χ4v) is 2.09. The number of hydrogen-bond donors (Lipinski definition) is 0. The molecule has 0 fully saturated rings. The van der Waals surface area contributed by atoms with Crippen LogP contribution in [0.25, 0.3) is 17.7 Å². The highest BCUT2D eigenvalue weighted by Gasteiger charge is 2.15. The minimum atomic E-state index is -0.428. The fourth-order valence-electron chi connectivity index (χ4n) is 2.09. The Kier molecular flexibility index (Phi) is 5.55. The van der Waals surface area contributed by atoms with Gasteiger partial charge in [-0.05, 0) is 16.7 Å². The Hall–Kier alpha value is -2.81. The van der Waals surface area contributed by atoms with Crippen molar-refractivity contribution in [3.63, 3.8) is 0 Å². The number of hydrogen-bond acceptors (Lipinski definition) is 3. The molecule has 0 aromatic heterocycles. The molecule has 2 aromatic rings. The summed E-state index contributed by atoms with van der Waals surface area (Å²) in [6.07, 6.45) is 5.37. The number of carbonyl (C=O) groups is 1. The molecular weight excluding hydrogens is 276 g/mol. The molecule has 0 N–H and O–H groups in total. The molecular formula is C19H18O3. The number of ether oxygens (including phenoxy) is 2. The average molecular weight is 294 g/mol.